The second-order valence-electron chi connectivity index (χ2n) is 3.96. The number of nitrogens with two attached hydrogens (primary N) is 1. The van der Waals surface area contributed by atoms with Crippen molar-refractivity contribution < 1.29 is 4.74 Å². The van der Waals surface area contributed by atoms with Gasteiger partial charge < -0.3 is 10.5 Å². The zero-order valence-electron chi connectivity index (χ0n) is 10.2. The topological polar surface area (TPSA) is 61.0 Å². The molecular formula is C13H15N3O. The average Bonchev–Trinajstić information content (AvgIpc) is 2.27. The highest BCUT2D eigenvalue weighted by Gasteiger charge is 2.09. The van der Waals surface area contributed by atoms with Crippen LogP contribution in [0.1, 0.15) is 11.3 Å². The molecule has 0 saturated carbocycles. The van der Waals surface area contributed by atoms with Gasteiger partial charge in [-0.1, -0.05) is 11.6 Å². The van der Waals surface area contributed by atoms with Crippen molar-refractivity contribution in [3.05, 3.63) is 35.5 Å². The van der Waals surface area contributed by atoms with Crippen molar-refractivity contribution in [2.75, 3.05) is 12.8 Å². The first-order valence-electron chi connectivity index (χ1n) is 5.36. The Morgan fingerprint density at radius 1 is 1.12 bits per heavy atom. The van der Waals surface area contributed by atoms with Gasteiger partial charge in [0.15, 0.2) is 0 Å². The molecule has 0 radical (unpaired) electrons. The van der Waals surface area contributed by atoms with Gasteiger partial charge in [0.1, 0.15) is 5.75 Å². The maximum Gasteiger partial charge on any atom is 0.220 e. The second kappa shape index (κ2) is 4.41. The van der Waals surface area contributed by atoms with Crippen LogP contribution in [0.15, 0.2) is 24.3 Å². The Labute approximate surface area is 100 Å². The van der Waals surface area contributed by atoms with Crippen molar-refractivity contribution in [1.82, 2.24) is 9.97 Å². The van der Waals surface area contributed by atoms with Crippen molar-refractivity contribution in [3.8, 4) is 17.0 Å². The molecule has 2 N–H and O–H groups in total. The minimum Gasteiger partial charge on any atom is -0.496 e. The SMILES string of the molecule is COc1ccc(C)cc1-c1cc(C)nc(N)n1. The molecule has 2 aromatic rings. The summed E-state index contributed by atoms with van der Waals surface area (Å²) in [6.45, 7) is 3.92. The fourth-order valence-corrected chi connectivity index (χ4v) is 1.75. The van der Waals surface area contributed by atoms with E-state index in [1.54, 1.807) is 7.11 Å². The van der Waals surface area contributed by atoms with Crippen molar-refractivity contribution in [2.24, 2.45) is 0 Å². The minimum atomic E-state index is 0.281. The number of benzene rings is 1. The van der Waals surface area contributed by atoms with Gasteiger partial charge in [0.2, 0.25) is 5.95 Å². The fourth-order valence-electron chi connectivity index (χ4n) is 1.75. The third-order valence-electron chi connectivity index (χ3n) is 2.50. The number of aryl methyl sites for hydroxylation is 2. The monoisotopic (exact) mass is 229 g/mol. The Hall–Kier alpha value is -2.10. The number of hydrogen-bond donors (Lipinski definition) is 1. The molecule has 1 aromatic heterocycles. The third-order valence-corrected chi connectivity index (χ3v) is 2.50. The zero-order valence-corrected chi connectivity index (χ0v) is 10.2. The van der Waals surface area contributed by atoms with Gasteiger partial charge in [-0.2, -0.15) is 0 Å². The highest BCUT2D eigenvalue weighted by atomic mass is 16.5. The van der Waals surface area contributed by atoms with Crippen molar-refractivity contribution in [3.63, 3.8) is 0 Å². The Balaban J connectivity index is 2.62. The van der Waals surface area contributed by atoms with Crippen LogP contribution in [0.3, 0.4) is 0 Å². The molecule has 2 rings (SSSR count). The van der Waals surface area contributed by atoms with Crippen LogP contribution in [0, 0.1) is 13.8 Å². The van der Waals surface area contributed by atoms with Crippen LogP contribution >= 0.6 is 0 Å². The molecule has 0 bridgehead atoms. The van der Waals surface area contributed by atoms with Gasteiger partial charge in [0.05, 0.1) is 12.8 Å². The first-order valence-corrected chi connectivity index (χ1v) is 5.36. The van der Waals surface area contributed by atoms with Crippen molar-refractivity contribution >= 4 is 5.95 Å². The largest absolute Gasteiger partial charge is 0.496 e. The summed E-state index contributed by atoms with van der Waals surface area (Å²) < 4.78 is 5.33. The van der Waals surface area contributed by atoms with Crippen LogP contribution in [0.2, 0.25) is 0 Å². The number of anilines is 1. The Morgan fingerprint density at radius 2 is 1.88 bits per heavy atom. The highest BCUT2D eigenvalue weighted by molar-refractivity contribution is 5.68. The van der Waals surface area contributed by atoms with Crippen LogP contribution in [0.4, 0.5) is 5.95 Å². The maximum atomic E-state index is 5.66. The summed E-state index contributed by atoms with van der Waals surface area (Å²) in [6.07, 6.45) is 0. The molecule has 0 atom stereocenters. The first-order chi connectivity index (χ1) is 8.10. The first kappa shape index (κ1) is 11.4. The lowest BCUT2D eigenvalue weighted by atomic mass is 10.1. The maximum absolute atomic E-state index is 5.66. The van der Waals surface area contributed by atoms with Crippen LogP contribution < -0.4 is 10.5 Å². The zero-order chi connectivity index (χ0) is 12.4. The van der Waals surface area contributed by atoms with E-state index in [1.807, 2.05) is 38.1 Å². The minimum absolute atomic E-state index is 0.281. The molecule has 0 aliphatic carbocycles. The molecule has 4 heteroatoms. The normalized spacial score (nSPS) is 10.3. The molecule has 17 heavy (non-hydrogen) atoms. The van der Waals surface area contributed by atoms with E-state index in [2.05, 4.69) is 9.97 Å². The number of aromatic nitrogens is 2. The summed E-state index contributed by atoms with van der Waals surface area (Å²) in [6, 6.07) is 7.85. The quantitative estimate of drug-likeness (QED) is 0.858. The molecule has 0 amide bonds. The van der Waals surface area contributed by atoms with Gasteiger partial charge in [0, 0.05) is 11.3 Å². The third kappa shape index (κ3) is 2.36. The highest BCUT2D eigenvalue weighted by Crippen LogP contribution is 2.29. The lowest BCUT2D eigenvalue weighted by molar-refractivity contribution is 0.416. The molecule has 4 nitrogen and oxygen atoms in total. The molecule has 0 aliphatic heterocycles. The van der Waals surface area contributed by atoms with Gasteiger partial charge in [0.25, 0.3) is 0 Å². The number of methoxy groups -OCH3 is 1. The van der Waals surface area contributed by atoms with Crippen LogP contribution in [-0.2, 0) is 0 Å². The number of nitrogens with zero attached hydrogens (tertiary/aromatic N) is 2. The average molecular weight is 229 g/mol. The van der Waals surface area contributed by atoms with Gasteiger partial charge in [-0.3, -0.25) is 0 Å². The summed E-state index contributed by atoms with van der Waals surface area (Å²) >= 11 is 0. The summed E-state index contributed by atoms with van der Waals surface area (Å²) in [5.74, 6) is 1.07. The van der Waals surface area contributed by atoms with E-state index in [0.29, 0.717) is 0 Å². The van der Waals surface area contributed by atoms with E-state index in [9.17, 15) is 0 Å². The van der Waals surface area contributed by atoms with Gasteiger partial charge >= 0.3 is 0 Å². The predicted molar refractivity (Wildman–Crippen MR) is 67.9 cm³/mol. The predicted octanol–water partition coefficient (Wildman–Crippen LogP) is 2.35. The van der Waals surface area contributed by atoms with Crippen molar-refractivity contribution in [1.29, 1.82) is 0 Å². The number of ether oxygens (including phenoxy) is 1. The number of rotatable bonds is 2. The molecule has 0 unspecified atom stereocenters. The van der Waals surface area contributed by atoms with Gasteiger partial charge in [-0.15, -0.1) is 0 Å². The number of hydrogen-bond acceptors (Lipinski definition) is 4. The molecule has 0 spiro atoms. The lowest BCUT2D eigenvalue weighted by Crippen LogP contribution is -1.99. The molecule has 88 valence electrons. The van der Waals surface area contributed by atoms with Crippen LogP contribution in [0.25, 0.3) is 11.3 Å². The molecule has 0 saturated heterocycles. The van der Waals surface area contributed by atoms with E-state index >= 15 is 0 Å². The van der Waals surface area contributed by atoms with E-state index in [-0.39, 0.29) is 5.95 Å². The van der Waals surface area contributed by atoms with E-state index in [0.717, 1.165) is 28.3 Å². The van der Waals surface area contributed by atoms with Crippen LogP contribution in [-0.4, -0.2) is 17.1 Å². The summed E-state index contributed by atoms with van der Waals surface area (Å²) in [5.41, 5.74) is 9.38. The molecule has 0 aliphatic rings. The number of nitrogen functional groups attached to an aromatic ring is 1. The smallest absolute Gasteiger partial charge is 0.220 e. The van der Waals surface area contributed by atoms with Gasteiger partial charge in [-0.05, 0) is 32.0 Å². The molecule has 1 heterocycles. The Kier molecular flexibility index (Phi) is 2.95. The van der Waals surface area contributed by atoms with Gasteiger partial charge in [-0.25, -0.2) is 9.97 Å². The standard InChI is InChI=1S/C13H15N3O/c1-8-4-5-12(17-3)10(6-8)11-7-9(2)15-13(14)16-11/h4-7H,1-3H3,(H2,14,15,16). The van der Waals surface area contributed by atoms with E-state index in [4.69, 9.17) is 10.5 Å². The van der Waals surface area contributed by atoms with Crippen molar-refractivity contribution in [2.45, 2.75) is 13.8 Å². The molecular weight excluding hydrogens is 214 g/mol. The van der Waals surface area contributed by atoms with E-state index < -0.39 is 0 Å². The van der Waals surface area contributed by atoms with Crippen LogP contribution in [0.5, 0.6) is 5.75 Å². The van der Waals surface area contributed by atoms with E-state index in [1.165, 1.54) is 0 Å². The lowest BCUT2D eigenvalue weighted by Gasteiger charge is -2.09. The second-order valence-corrected chi connectivity index (χ2v) is 3.96. The Bertz CT molecular complexity index is 532. The summed E-state index contributed by atoms with van der Waals surface area (Å²) in [5, 5.41) is 0. The summed E-state index contributed by atoms with van der Waals surface area (Å²) in [4.78, 5) is 8.30. The Morgan fingerprint density at radius 3 is 2.53 bits per heavy atom. The molecule has 0 fully saturated rings. The fraction of sp³-hybridized carbons (Fsp3) is 0.231. The summed E-state index contributed by atoms with van der Waals surface area (Å²) in [7, 11) is 1.64. The molecule has 1 aromatic carbocycles.